The van der Waals surface area contributed by atoms with Crippen molar-refractivity contribution in [2.45, 2.75) is 36.4 Å². The number of hydrogen-bond donors (Lipinski definition) is 0. The summed E-state index contributed by atoms with van der Waals surface area (Å²) < 4.78 is -1.02. The lowest BCUT2D eigenvalue weighted by atomic mass is 9.63. The number of nitriles is 1. The van der Waals surface area contributed by atoms with Gasteiger partial charge in [-0.15, -0.1) is 0 Å². The van der Waals surface area contributed by atoms with Crippen LogP contribution in [0.4, 0.5) is 0 Å². The average Bonchev–Trinajstić information content (AvgIpc) is 2.86. The van der Waals surface area contributed by atoms with Gasteiger partial charge >= 0.3 is 0 Å². The first-order valence-electron chi connectivity index (χ1n) is 6.36. The summed E-state index contributed by atoms with van der Waals surface area (Å²) in [6.45, 7) is 0. The molecule has 0 bridgehead atoms. The summed E-state index contributed by atoms with van der Waals surface area (Å²) >= 11 is 3.50. The van der Waals surface area contributed by atoms with E-state index in [9.17, 15) is 10.1 Å². The van der Waals surface area contributed by atoms with E-state index < -0.39 is 4.32 Å². The highest BCUT2D eigenvalue weighted by molar-refractivity contribution is 9.10. The molecule has 2 aliphatic rings. The van der Waals surface area contributed by atoms with Crippen LogP contribution in [-0.4, -0.2) is 10.1 Å². The van der Waals surface area contributed by atoms with Crippen molar-refractivity contribution >= 4 is 21.7 Å². The van der Waals surface area contributed by atoms with Crippen LogP contribution in [0.5, 0.6) is 0 Å². The molecule has 0 N–H and O–H groups in total. The number of fused-ring (bicyclic) bond motifs is 1. The molecule has 1 spiro atoms. The molecule has 1 atom stereocenters. The molecule has 0 aromatic heterocycles. The van der Waals surface area contributed by atoms with Gasteiger partial charge in [-0.25, -0.2) is 0 Å². The second-order valence-electron chi connectivity index (χ2n) is 5.42. The summed E-state index contributed by atoms with van der Waals surface area (Å²) in [6.07, 6.45) is 5.00. The summed E-state index contributed by atoms with van der Waals surface area (Å²) in [4.78, 5) is 12.7. The summed E-state index contributed by atoms with van der Waals surface area (Å²) in [5.41, 5.74) is 1.62. The predicted molar refractivity (Wildman–Crippen MR) is 72.6 cm³/mol. The van der Waals surface area contributed by atoms with Crippen LogP contribution in [0.1, 0.15) is 41.6 Å². The van der Waals surface area contributed by atoms with E-state index in [0.717, 1.165) is 37.7 Å². The molecule has 1 fully saturated rings. The van der Waals surface area contributed by atoms with Crippen molar-refractivity contribution in [1.82, 2.24) is 0 Å². The summed E-state index contributed by atoms with van der Waals surface area (Å²) in [5, 5.41) is 9.55. The third kappa shape index (κ3) is 1.36. The standard InChI is InChI=1S/C15H14BrNO/c16-15(10-17)13(18)12-6-2-1-5-11(12)9-14(15)7-3-4-8-14/h1-2,5-6H,3-4,7-9H2/t15-/m0/s1. The number of nitrogens with zero attached hydrogens (tertiary/aromatic N) is 1. The molecule has 1 aromatic carbocycles. The average molecular weight is 304 g/mol. The molecule has 3 heteroatoms. The maximum absolute atomic E-state index is 12.7. The minimum absolute atomic E-state index is 0.0475. The van der Waals surface area contributed by atoms with Crippen LogP contribution in [0.25, 0.3) is 0 Å². The zero-order chi connectivity index (χ0) is 12.8. The van der Waals surface area contributed by atoms with E-state index in [-0.39, 0.29) is 11.2 Å². The monoisotopic (exact) mass is 303 g/mol. The van der Waals surface area contributed by atoms with Gasteiger partial charge < -0.3 is 0 Å². The largest absolute Gasteiger partial charge is 0.291 e. The Labute approximate surface area is 115 Å². The Morgan fingerprint density at radius 3 is 2.56 bits per heavy atom. The molecule has 1 aromatic rings. The topological polar surface area (TPSA) is 40.9 Å². The Morgan fingerprint density at radius 1 is 1.22 bits per heavy atom. The van der Waals surface area contributed by atoms with Crippen LogP contribution >= 0.6 is 15.9 Å². The van der Waals surface area contributed by atoms with Crippen molar-refractivity contribution in [3.8, 4) is 6.07 Å². The third-order valence-corrected chi connectivity index (χ3v) is 5.93. The summed E-state index contributed by atoms with van der Waals surface area (Å²) in [6, 6.07) is 9.98. The summed E-state index contributed by atoms with van der Waals surface area (Å²) in [7, 11) is 0. The van der Waals surface area contributed by atoms with Crippen LogP contribution in [0, 0.1) is 16.7 Å². The zero-order valence-electron chi connectivity index (χ0n) is 10.1. The second kappa shape index (κ2) is 3.93. The van der Waals surface area contributed by atoms with Gasteiger partial charge in [0.15, 0.2) is 10.1 Å². The first kappa shape index (κ1) is 11.9. The molecule has 0 unspecified atom stereocenters. The minimum Gasteiger partial charge on any atom is -0.291 e. The first-order valence-corrected chi connectivity index (χ1v) is 7.15. The van der Waals surface area contributed by atoms with Crippen molar-refractivity contribution in [3.05, 3.63) is 35.4 Å². The summed E-state index contributed by atoms with van der Waals surface area (Å²) in [5.74, 6) is -0.0475. The third-order valence-electron chi connectivity index (χ3n) is 4.55. The molecule has 0 radical (unpaired) electrons. The van der Waals surface area contributed by atoms with Gasteiger partial charge in [-0.3, -0.25) is 4.79 Å². The fraction of sp³-hybridized carbons (Fsp3) is 0.467. The fourth-order valence-corrected chi connectivity index (χ4v) is 4.30. The lowest BCUT2D eigenvalue weighted by molar-refractivity contribution is 0.0851. The molecule has 1 saturated carbocycles. The number of Topliss-reactive ketones (excluding diaryl/α,β-unsaturated/α-hetero) is 1. The number of carbonyl (C=O) groups excluding carboxylic acids is 1. The van der Waals surface area contributed by atoms with Crippen molar-refractivity contribution in [2.24, 2.45) is 5.41 Å². The van der Waals surface area contributed by atoms with E-state index in [1.165, 1.54) is 0 Å². The van der Waals surface area contributed by atoms with E-state index >= 15 is 0 Å². The smallest absolute Gasteiger partial charge is 0.194 e. The molecular weight excluding hydrogens is 290 g/mol. The Kier molecular flexibility index (Phi) is 2.60. The molecule has 0 saturated heterocycles. The Morgan fingerprint density at radius 2 is 1.89 bits per heavy atom. The lowest BCUT2D eigenvalue weighted by Gasteiger charge is -2.43. The van der Waals surface area contributed by atoms with Gasteiger partial charge in [-0.05, 0) is 24.8 Å². The molecule has 0 aliphatic heterocycles. The van der Waals surface area contributed by atoms with E-state index in [2.05, 4.69) is 22.0 Å². The maximum Gasteiger partial charge on any atom is 0.194 e. The fourth-order valence-electron chi connectivity index (χ4n) is 3.55. The maximum atomic E-state index is 12.7. The minimum atomic E-state index is -1.02. The van der Waals surface area contributed by atoms with Crippen molar-refractivity contribution in [1.29, 1.82) is 5.26 Å². The molecule has 92 valence electrons. The molecular formula is C15H14BrNO. The van der Waals surface area contributed by atoms with Gasteiger partial charge in [0.05, 0.1) is 6.07 Å². The van der Waals surface area contributed by atoms with Gasteiger partial charge in [0.2, 0.25) is 0 Å². The van der Waals surface area contributed by atoms with E-state index in [0.29, 0.717) is 5.56 Å². The van der Waals surface area contributed by atoms with E-state index in [1.807, 2.05) is 24.3 Å². The number of benzene rings is 1. The highest BCUT2D eigenvalue weighted by Crippen LogP contribution is 2.56. The van der Waals surface area contributed by atoms with Crippen molar-refractivity contribution < 1.29 is 4.79 Å². The van der Waals surface area contributed by atoms with Gasteiger partial charge in [0, 0.05) is 11.0 Å². The Hall–Kier alpha value is -1.14. The molecule has 2 aliphatic carbocycles. The highest BCUT2D eigenvalue weighted by Gasteiger charge is 2.59. The Balaban J connectivity index is 2.20. The lowest BCUT2D eigenvalue weighted by Crippen LogP contribution is -2.51. The molecule has 0 heterocycles. The first-order chi connectivity index (χ1) is 8.63. The van der Waals surface area contributed by atoms with Gasteiger partial charge in [0.25, 0.3) is 0 Å². The van der Waals surface area contributed by atoms with Gasteiger partial charge in [-0.1, -0.05) is 53.0 Å². The number of halogens is 1. The van der Waals surface area contributed by atoms with E-state index in [1.54, 1.807) is 0 Å². The van der Waals surface area contributed by atoms with Crippen LogP contribution < -0.4 is 0 Å². The number of hydrogen-bond acceptors (Lipinski definition) is 2. The second-order valence-corrected chi connectivity index (χ2v) is 6.61. The Bertz CT molecular complexity index is 554. The number of rotatable bonds is 0. The quantitative estimate of drug-likeness (QED) is 0.687. The van der Waals surface area contributed by atoms with E-state index in [4.69, 9.17) is 0 Å². The molecule has 0 amide bonds. The van der Waals surface area contributed by atoms with Crippen molar-refractivity contribution in [3.63, 3.8) is 0 Å². The van der Waals surface area contributed by atoms with Gasteiger partial charge in [0.1, 0.15) is 0 Å². The molecule has 3 rings (SSSR count). The number of ketones is 1. The normalized spacial score (nSPS) is 29.0. The van der Waals surface area contributed by atoms with Gasteiger partial charge in [-0.2, -0.15) is 5.26 Å². The predicted octanol–water partition coefficient (Wildman–Crippen LogP) is 3.64. The highest BCUT2D eigenvalue weighted by atomic mass is 79.9. The SMILES string of the molecule is N#C[C@]1(Br)C(=O)c2ccccc2CC12CCCC2. The molecule has 18 heavy (non-hydrogen) atoms. The van der Waals surface area contributed by atoms with Crippen LogP contribution in [0.3, 0.4) is 0 Å². The zero-order valence-corrected chi connectivity index (χ0v) is 11.7. The number of alkyl halides is 1. The van der Waals surface area contributed by atoms with Crippen LogP contribution in [-0.2, 0) is 6.42 Å². The van der Waals surface area contributed by atoms with Crippen molar-refractivity contribution in [2.75, 3.05) is 0 Å². The van der Waals surface area contributed by atoms with Crippen LogP contribution in [0.2, 0.25) is 0 Å². The number of carbonyl (C=O) groups is 1. The van der Waals surface area contributed by atoms with Crippen LogP contribution in [0.15, 0.2) is 24.3 Å². The molecule has 2 nitrogen and oxygen atoms in total.